The number of hydrogen-bond acceptors (Lipinski definition) is 3. The average molecular weight is 341 g/mol. The highest BCUT2D eigenvalue weighted by Gasteiger charge is 2.18. The zero-order chi connectivity index (χ0) is 14.7. The number of furan rings is 1. The fourth-order valence-electron chi connectivity index (χ4n) is 2.22. The Hall–Kier alpha value is -1.17. The number of hydrogen-bond donors (Lipinski definition) is 1. The predicted octanol–water partition coefficient (Wildman–Crippen LogP) is 3.62. The van der Waals surface area contributed by atoms with E-state index < -0.39 is 0 Å². The molecule has 20 heavy (non-hydrogen) atoms. The summed E-state index contributed by atoms with van der Waals surface area (Å²) in [4.78, 5) is 2.10. The van der Waals surface area contributed by atoms with Gasteiger partial charge >= 0.3 is 0 Å². The molecule has 2 rings (SSSR count). The van der Waals surface area contributed by atoms with Gasteiger partial charge in [0.25, 0.3) is 0 Å². The monoisotopic (exact) mass is 340 g/mol. The predicted molar refractivity (Wildman–Crippen MR) is 80.8 cm³/mol. The van der Waals surface area contributed by atoms with E-state index in [1.54, 1.807) is 12.1 Å². The van der Waals surface area contributed by atoms with Crippen molar-refractivity contribution in [2.24, 2.45) is 5.73 Å². The molecule has 1 aromatic heterocycles. The highest BCUT2D eigenvalue weighted by atomic mass is 79.9. The molecule has 0 spiro atoms. The third kappa shape index (κ3) is 3.48. The topological polar surface area (TPSA) is 42.4 Å². The van der Waals surface area contributed by atoms with Crippen molar-refractivity contribution < 1.29 is 8.81 Å². The third-order valence-electron chi connectivity index (χ3n) is 3.29. The molecule has 0 saturated carbocycles. The zero-order valence-corrected chi connectivity index (χ0v) is 13.2. The minimum Gasteiger partial charge on any atom is -0.465 e. The van der Waals surface area contributed by atoms with Gasteiger partial charge in [-0.25, -0.2) is 4.39 Å². The van der Waals surface area contributed by atoms with Crippen LogP contribution in [-0.2, 0) is 6.54 Å². The Balaban J connectivity index is 2.16. The number of halogens is 2. The molecule has 1 aromatic carbocycles. The van der Waals surface area contributed by atoms with Gasteiger partial charge in [0.15, 0.2) is 0 Å². The fraction of sp³-hybridized carbons (Fsp3) is 0.333. The number of aryl methyl sites for hydroxylation is 1. The van der Waals surface area contributed by atoms with Crippen molar-refractivity contribution in [2.45, 2.75) is 19.5 Å². The second kappa shape index (κ2) is 6.52. The van der Waals surface area contributed by atoms with E-state index in [4.69, 9.17) is 10.2 Å². The summed E-state index contributed by atoms with van der Waals surface area (Å²) in [7, 11) is 1.98. The van der Waals surface area contributed by atoms with Gasteiger partial charge in [-0.1, -0.05) is 6.07 Å². The molecule has 0 aliphatic heterocycles. The normalized spacial score (nSPS) is 12.9. The molecule has 5 heteroatoms. The molecular weight excluding hydrogens is 323 g/mol. The lowest BCUT2D eigenvalue weighted by Gasteiger charge is -2.26. The van der Waals surface area contributed by atoms with Crippen LogP contribution in [0.5, 0.6) is 0 Å². The molecule has 108 valence electrons. The Labute approximate surface area is 126 Å². The molecule has 2 aromatic rings. The van der Waals surface area contributed by atoms with E-state index in [2.05, 4.69) is 20.8 Å². The van der Waals surface area contributed by atoms with Crippen molar-refractivity contribution in [1.29, 1.82) is 0 Å². The number of nitrogens with zero attached hydrogens (tertiary/aromatic N) is 1. The number of likely N-dealkylation sites (N-methyl/N-ethyl adjacent to an activating group) is 1. The summed E-state index contributed by atoms with van der Waals surface area (Å²) >= 11 is 3.21. The lowest BCUT2D eigenvalue weighted by molar-refractivity contribution is 0.221. The molecule has 0 radical (unpaired) electrons. The minimum atomic E-state index is -0.270. The average Bonchev–Trinajstić information content (AvgIpc) is 2.80. The van der Waals surface area contributed by atoms with Gasteiger partial charge in [-0.15, -0.1) is 0 Å². The van der Waals surface area contributed by atoms with E-state index in [0.717, 1.165) is 17.1 Å². The molecular formula is C15H18BrFN2O. The summed E-state index contributed by atoms with van der Waals surface area (Å²) in [5.41, 5.74) is 6.85. The summed E-state index contributed by atoms with van der Waals surface area (Å²) in [5.74, 6) is 1.51. The Morgan fingerprint density at radius 2 is 2.10 bits per heavy atom. The standard InChI is InChI=1S/C15H18BrFN2O/c1-10-3-5-12(20-10)9-19(2)15(8-18)11-4-6-14(17)13(16)7-11/h3-7,15H,8-9,18H2,1-2H3. The number of benzene rings is 1. The Morgan fingerprint density at radius 1 is 1.35 bits per heavy atom. The van der Waals surface area contributed by atoms with Crippen LogP contribution in [0.25, 0.3) is 0 Å². The molecule has 0 aliphatic carbocycles. The summed E-state index contributed by atoms with van der Waals surface area (Å²) in [6.07, 6.45) is 0. The van der Waals surface area contributed by atoms with Gasteiger partial charge in [0.1, 0.15) is 17.3 Å². The first-order chi connectivity index (χ1) is 9.51. The van der Waals surface area contributed by atoms with E-state index >= 15 is 0 Å². The molecule has 2 N–H and O–H groups in total. The SMILES string of the molecule is Cc1ccc(CN(C)C(CN)c2ccc(F)c(Br)c2)o1. The van der Waals surface area contributed by atoms with Crippen LogP contribution in [-0.4, -0.2) is 18.5 Å². The first-order valence-corrected chi connectivity index (χ1v) is 7.21. The number of nitrogens with two attached hydrogens (primary N) is 1. The van der Waals surface area contributed by atoms with Crippen molar-refractivity contribution >= 4 is 15.9 Å². The minimum absolute atomic E-state index is 0.0114. The molecule has 1 heterocycles. The van der Waals surface area contributed by atoms with E-state index in [0.29, 0.717) is 17.6 Å². The lowest BCUT2D eigenvalue weighted by atomic mass is 10.1. The van der Waals surface area contributed by atoms with Gasteiger partial charge in [0, 0.05) is 12.6 Å². The van der Waals surface area contributed by atoms with E-state index in [-0.39, 0.29) is 11.9 Å². The fourth-order valence-corrected chi connectivity index (χ4v) is 2.61. The van der Waals surface area contributed by atoms with Crippen molar-refractivity contribution in [2.75, 3.05) is 13.6 Å². The highest BCUT2D eigenvalue weighted by Crippen LogP contribution is 2.25. The number of rotatable bonds is 5. The molecule has 0 bridgehead atoms. The largest absolute Gasteiger partial charge is 0.465 e. The highest BCUT2D eigenvalue weighted by molar-refractivity contribution is 9.10. The quantitative estimate of drug-likeness (QED) is 0.903. The van der Waals surface area contributed by atoms with E-state index in [9.17, 15) is 4.39 Å². The molecule has 3 nitrogen and oxygen atoms in total. The summed E-state index contributed by atoms with van der Waals surface area (Å²) in [6, 6.07) is 8.90. The van der Waals surface area contributed by atoms with Gasteiger partial charge in [-0.2, -0.15) is 0 Å². The van der Waals surface area contributed by atoms with Crippen molar-refractivity contribution in [3.05, 3.63) is 57.7 Å². The van der Waals surface area contributed by atoms with Crippen LogP contribution in [0.1, 0.15) is 23.1 Å². The van der Waals surface area contributed by atoms with Crippen LogP contribution in [0.4, 0.5) is 4.39 Å². The zero-order valence-electron chi connectivity index (χ0n) is 11.6. The third-order valence-corrected chi connectivity index (χ3v) is 3.89. The molecule has 1 unspecified atom stereocenters. The molecule has 1 atom stereocenters. The first-order valence-electron chi connectivity index (χ1n) is 6.42. The summed E-state index contributed by atoms with van der Waals surface area (Å²) in [6.45, 7) is 3.03. The van der Waals surface area contributed by atoms with Crippen LogP contribution in [0.3, 0.4) is 0 Å². The maximum absolute atomic E-state index is 13.3. The van der Waals surface area contributed by atoms with Gasteiger partial charge in [0.2, 0.25) is 0 Å². The van der Waals surface area contributed by atoms with Gasteiger partial charge in [-0.05, 0) is 59.7 Å². The molecule has 0 fully saturated rings. The maximum atomic E-state index is 13.3. The van der Waals surface area contributed by atoms with Gasteiger partial charge < -0.3 is 10.2 Å². The van der Waals surface area contributed by atoms with Gasteiger partial charge in [0.05, 0.1) is 11.0 Å². The van der Waals surface area contributed by atoms with Crippen molar-refractivity contribution in [3.63, 3.8) is 0 Å². The second-order valence-corrected chi connectivity index (χ2v) is 5.71. The van der Waals surface area contributed by atoms with Crippen LogP contribution in [0.15, 0.2) is 39.2 Å². The summed E-state index contributed by atoms with van der Waals surface area (Å²) in [5, 5.41) is 0. The van der Waals surface area contributed by atoms with Crippen molar-refractivity contribution in [3.8, 4) is 0 Å². The Morgan fingerprint density at radius 3 is 2.65 bits per heavy atom. The maximum Gasteiger partial charge on any atom is 0.137 e. The van der Waals surface area contributed by atoms with Crippen LogP contribution < -0.4 is 5.73 Å². The van der Waals surface area contributed by atoms with E-state index in [1.165, 1.54) is 6.07 Å². The smallest absolute Gasteiger partial charge is 0.137 e. The lowest BCUT2D eigenvalue weighted by Crippen LogP contribution is -2.30. The van der Waals surface area contributed by atoms with Crippen molar-refractivity contribution in [1.82, 2.24) is 4.90 Å². The van der Waals surface area contributed by atoms with Crippen LogP contribution in [0, 0.1) is 12.7 Å². The Bertz CT molecular complexity index is 585. The van der Waals surface area contributed by atoms with Gasteiger partial charge in [-0.3, -0.25) is 4.90 Å². The van der Waals surface area contributed by atoms with E-state index in [1.807, 2.05) is 26.1 Å². The summed E-state index contributed by atoms with van der Waals surface area (Å²) < 4.78 is 19.3. The molecule has 0 aliphatic rings. The first kappa shape index (κ1) is 15.2. The molecule has 0 amide bonds. The second-order valence-electron chi connectivity index (χ2n) is 4.85. The van der Waals surface area contributed by atoms with Crippen LogP contribution in [0.2, 0.25) is 0 Å². The van der Waals surface area contributed by atoms with Crippen LogP contribution >= 0.6 is 15.9 Å². The Kier molecular flexibility index (Phi) is 4.96. The molecule has 0 saturated heterocycles.